The second kappa shape index (κ2) is 5.61. The zero-order valence-corrected chi connectivity index (χ0v) is 10.7. The van der Waals surface area contributed by atoms with Gasteiger partial charge in [-0.3, -0.25) is 4.79 Å². The van der Waals surface area contributed by atoms with Crippen LogP contribution in [0, 0.1) is 11.8 Å². The van der Waals surface area contributed by atoms with Gasteiger partial charge in [-0.15, -0.1) is 23.7 Å². The molecule has 1 aromatic heterocycles. The number of nitrogens with one attached hydrogen (secondary N) is 1. The molecule has 0 spiro atoms. The van der Waals surface area contributed by atoms with Gasteiger partial charge in [-0.1, -0.05) is 6.92 Å². The topological polar surface area (TPSA) is 68.0 Å². The van der Waals surface area contributed by atoms with Crippen LogP contribution in [0.2, 0.25) is 0 Å². The van der Waals surface area contributed by atoms with Crippen molar-refractivity contribution in [1.82, 2.24) is 10.3 Å². The van der Waals surface area contributed by atoms with Crippen LogP contribution in [0.3, 0.4) is 0 Å². The molecule has 2 atom stereocenters. The molecule has 2 rings (SSSR count). The van der Waals surface area contributed by atoms with E-state index in [2.05, 4.69) is 17.2 Å². The van der Waals surface area contributed by atoms with E-state index >= 15 is 0 Å². The Balaban J connectivity index is 0.00000128. The Morgan fingerprint density at radius 2 is 2.44 bits per heavy atom. The minimum atomic E-state index is -0.0787. The first kappa shape index (κ1) is 13.4. The van der Waals surface area contributed by atoms with Crippen molar-refractivity contribution in [2.45, 2.75) is 19.9 Å². The van der Waals surface area contributed by atoms with Crippen LogP contribution in [0.4, 0.5) is 0 Å². The van der Waals surface area contributed by atoms with Gasteiger partial charge in [0.2, 0.25) is 0 Å². The zero-order chi connectivity index (χ0) is 10.8. The van der Waals surface area contributed by atoms with Crippen molar-refractivity contribution in [2.24, 2.45) is 17.6 Å². The molecule has 90 valence electrons. The molecule has 1 fully saturated rings. The molecule has 0 radical (unpaired) electrons. The molecule has 4 nitrogen and oxygen atoms in total. The normalized spacial score (nSPS) is 22.4. The highest BCUT2D eigenvalue weighted by atomic mass is 35.5. The summed E-state index contributed by atoms with van der Waals surface area (Å²) < 4.78 is 0. The number of nitrogens with zero attached hydrogens (tertiary/aromatic N) is 1. The molecule has 1 saturated carbocycles. The van der Waals surface area contributed by atoms with Gasteiger partial charge in [0, 0.05) is 18.5 Å². The van der Waals surface area contributed by atoms with Crippen LogP contribution in [0.15, 0.2) is 5.38 Å². The lowest BCUT2D eigenvalue weighted by molar-refractivity contribution is 0.0947. The number of carbonyl (C=O) groups excluding carboxylic acids is 1. The highest BCUT2D eigenvalue weighted by Crippen LogP contribution is 2.36. The summed E-state index contributed by atoms with van der Waals surface area (Å²) in [5.74, 6) is 1.35. The molecule has 0 aliphatic heterocycles. The first-order valence-corrected chi connectivity index (χ1v) is 6.01. The molecular weight excluding hydrogens is 246 g/mol. The Kier molecular flexibility index (Phi) is 4.70. The molecule has 1 aliphatic carbocycles. The molecule has 1 aliphatic rings. The van der Waals surface area contributed by atoms with E-state index in [9.17, 15) is 4.79 Å². The quantitative estimate of drug-likeness (QED) is 0.861. The molecule has 3 N–H and O–H groups in total. The summed E-state index contributed by atoms with van der Waals surface area (Å²) in [6.07, 6.45) is 1.23. The highest BCUT2D eigenvalue weighted by molar-refractivity contribution is 7.09. The van der Waals surface area contributed by atoms with Crippen molar-refractivity contribution in [3.8, 4) is 0 Å². The van der Waals surface area contributed by atoms with Gasteiger partial charge < -0.3 is 11.1 Å². The van der Waals surface area contributed by atoms with Crippen molar-refractivity contribution in [2.75, 3.05) is 6.54 Å². The maximum absolute atomic E-state index is 11.6. The number of nitrogens with two attached hydrogens (primary N) is 1. The van der Waals surface area contributed by atoms with Crippen LogP contribution in [-0.4, -0.2) is 17.4 Å². The Hall–Kier alpha value is -0.650. The van der Waals surface area contributed by atoms with Gasteiger partial charge >= 0.3 is 0 Å². The molecular formula is C10H16ClN3OS. The van der Waals surface area contributed by atoms with Crippen LogP contribution in [0.25, 0.3) is 0 Å². The summed E-state index contributed by atoms with van der Waals surface area (Å²) in [4.78, 5) is 15.7. The molecule has 6 heteroatoms. The molecule has 0 bridgehead atoms. The smallest absolute Gasteiger partial charge is 0.270 e. The molecule has 1 amide bonds. The van der Waals surface area contributed by atoms with Crippen LogP contribution in [0.5, 0.6) is 0 Å². The van der Waals surface area contributed by atoms with E-state index in [1.165, 1.54) is 17.8 Å². The first-order valence-electron chi connectivity index (χ1n) is 5.13. The van der Waals surface area contributed by atoms with E-state index in [-0.39, 0.29) is 18.3 Å². The summed E-state index contributed by atoms with van der Waals surface area (Å²) >= 11 is 1.43. The lowest BCUT2D eigenvalue weighted by Crippen LogP contribution is -2.26. The van der Waals surface area contributed by atoms with Gasteiger partial charge in [0.25, 0.3) is 5.91 Å². The Bertz CT molecular complexity index is 369. The van der Waals surface area contributed by atoms with E-state index < -0.39 is 0 Å². The van der Waals surface area contributed by atoms with Gasteiger partial charge in [-0.2, -0.15) is 0 Å². The van der Waals surface area contributed by atoms with Crippen LogP contribution < -0.4 is 11.1 Å². The lowest BCUT2D eigenvalue weighted by Gasteiger charge is -2.00. The fourth-order valence-electron chi connectivity index (χ4n) is 1.51. The second-order valence-corrected chi connectivity index (χ2v) is 4.96. The van der Waals surface area contributed by atoms with E-state index in [0.29, 0.717) is 18.2 Å². The Morgan fingerprint density at radius 3 is 2.94 bits per heavy atom. The standard InChI is InChI=1S/C10H15N3OS.ClH/c1-6-2-7(6)4-12-10(14)8-5-15-9(3-11)13-8;/h5-7H,2-4,11H2,1H3,(H,12,14);1H. The van der Waals surface area contributed by atoms with Crippen LogP contribution >= 0.6 is 23.7 Å². The molecule has 0 saturated heterocycles. The van der Waals surface area contributed by atoms with Crippen LogP contribution in [0.1, 0.15) is 28.8 Å². The number of hydrogen-bond acceptors (Lipinski definition) is 4. The van der Waals surface area contributed by atoms with Gasteiger partial charge in [0.1, 0.15) is 10.7 Å². The predicted octanol–water partition coefficient (Wildman–Crippen LogP) is 1.41. The minimum Gasteiger partial charge on any atom is -0.350 e. The average molecular weight is 262 g/mol. The lowest BCUT2D eigenvalue weighted by atomic mass is 10.3. The fourth-order valence-corrected chi connectivity index (χ4v) is 2.16. The number of hydrogen-bond donors (Lipinski definition) is 2. The highest BCUT2D eigenvalue weighted by Gasteiger charge is 2.32. The summed E-state index contributed by atoms with van der Waals surface area (Å²) in [7, 11) is 0. The zero-order valence-electron chi connectivity index (χ0n) is 9.10. The average Bonchev–Trinajstić information content (AvgIpc) is 2.78. The van der Waals surface area contributed by atoms with E-state index in [0.717, 1.165) is 17.5 Å². The van der Waals surface area contributed by atoms with Crippen molar-refractivity contribution in [1.29, 1.82) is 0 Å². The van der Waals surface area contributed by atoms with Crippen molar-refractivity contribution in [3.63, 3.8) is 0 Å². The van der Waals surface area contributed by atoms with E-state index in [1.54, 1.807) is 5.38 Å². The number of halogens is 1. The van der Waals surface area contributed by atoms with Gasteiger partial charge in [0.15, 0.2) is 0 Å². The Labute approximate surface area is 105 Å². The maximum Gasteiger partial charge on any atom is 0.270 e. The van der Waals surface area contributed by atoms with Crippen molar-refractivity contribution >= 4 is 29.7 Å². The molecule has 0 aromatic carbocycles. The number of thiazole rings is 1. The maximum atomic E-state index is 11.6. The van der Waals surface area contributed by atoms with Crippen molar-refractivity contribution in [3.05, 3.63) is 16.1 Å². The summed E-state index contributed by atoms with van der Waals surface area (Å²) in [6, 6.07) is 0. The SMILES string of the molecule is CC1CC1CNC(=O)c1csc(CN)n1.Cl. The number of carbonyl (C=O) groups is 1. The van der Waals surface area contributed by atoms with E-state index in [4.69, 9.17) is 5.73 Å². The molecule has 1 heterocycles. The van der Waals surface area contributed by atoms with E-state index in [1.807, 2.05) is 0 Å². The molecule has 2 unspecified atom stereocenters. The van der Waals surface area contributed by atoms with Gasteiger partial charge in [-0.05, 0) is 18.3 Å². The third-order valence-electron chi connectivity index (χ3n) is 2.76. The third-order valence-corrected chi connectivity index (χ3v) is 3.63. The minimum absolute atomic E-state index is 0. The summed E-state index contributed by atoms with van der Waals surface area (Å²) in [6.45, 7) is 3.37. The molecule has 16 heavy (non-hydrogen) atoms. The van der Waals surface area contributed by atoms with Gasteiger partial charge in [-0.25, -0.2) is 4.98 Å². The van der Waals surface area contributed by atoms with Gasteiger partial charge in [0.05, 0.1) is 0 Å². The monoisotopic (exact) mass is 261 g/mol. The first-order chi connectivity index (χ1) is 7.20. The third kappa shape index (κ3) is 3.17. The number of aromatic nitrogens is 1. The largest absolute Gasteiger partial charge is 0.350 e. The molecule has 1 aromatic rings. The summed E-state index contributed by atoms with van der Waals surface area (Å²) in [5, 5.41) is 5.46. The second-order valence-electron chi connectivity index (χ2n) is 4.01. The Morgan fingerprint density at radius 1 is 1.75 bits per heavy atom. The fraction of sp³-hybridized carbons (Fsp3) is 0.600. The number of rotatable bonds is 4. The number of amides is 1. The van der Waals surface area contributed by atoms with Crippen molar-refractivity contribution < 1.29 is 4.79 Å². The predicted molar refractivity (Wildman–Crippen MR) is 66.9 cm³/mol. The summed E-state index contributed by atoms with van der Waals surface area (Å²) in [5.41, 5.74) is 5.92. The van der Waals surface area contributed by atoms with Crippen LogP contribution in [-0.2, 0) is 6.54 Å².